The molecule has 21 heavy (non-hydrogen) atoms. The number of aliphatic hydroxyl groups is 1. The van der Waals surface area contributed by atoms with Crippen LogP contribution in [0.1, 0.15) is 30.1 Å². The molecule has 116 valence electrons. The van der Waals surface area contributed by atoms with E-state index in [-0.39, 0.29) is 31.4 Å². The summed E-state index contributed by atoms with van der Waals surface area (Å²) in [5.74, 6) is -0.484. The molecule has 0 aromatic heterocycles. The molecular formula is C15H20BrNO4. The average molecular weight is 358 g/mol. The van der Waals surface area contributed by atoms with E-state index in [4.69, 9.17) is 9.84 Å². The first-order valence-electron chi connectivity index (χ1n) is 6.89. The highest BCUT2D eigenvalue weighted by atomic mass is 79.9. The molecule has 0 saturated heterocycles. The molecule has 0 heterocycles. The molecule has 0 atom stereocenters. The van der Waals surface area contributed by atoms with Crippen molar-refractivity contribution in [3.63, 3.8) is 0 Å². The minimum atomic E-state index is -0.325. The molecule has 6 heteroatoms. The fourth-order valence-corrected chi connectivity index (χ4v) is 2.24. The lowest BCUT2D eigenvalue weighted by molar-refractivity contribution is -0.143. The van der Waals surface area contributed by atoms with E-state index in [1.807, 2.05) is 6.07 Å². The van der Waals surface area contributed by atoms with Gasteiger partial charge in [-0.25, -0.2) is 0 Å². The second-order valence-corrected chi connectivity index (χ2v) is 5.35. The van der Waals surface area contributed by atoms with Crippen molar-refractivity contribution in [2.45, 2.75) is 19.8 Å². The first-order chi connectivity index (χ1) is 10.1. The van der Waals surface area contributed by atoms with E-state index in [2.05, 4.69) is 15.9 Å². The Balaban J connectivity index is 2.71. The average Bonchev–Trinajstić information content (AvgIpc) is 2.47. The lowest BCUT2D eigenvalue weighted by Crippen LogP contribution is -2.34. The second-order valence-electron chi connectivity index (χ2n) is 4.43. The van der Waals surface area contributed by atoms with Crippen LogP contribution in [0.2, 0.25) is 0 Å². The Kier molecular flexibility index (Phi) is 8.00. The van der Waals surface area contributed by atoms with Crippen LogP contribution in [0.3, 0.4) is 0 Å². The Labute approximate surface area is 133 Å². The molecule has 1 aromatic rings. The maximum atomic E-state index is 12.4. The Bertz CT molecular complexity index is 478. The molecule has 0 aliphatic carbocycles. The highest BCUT2D eigenvalue weighted by Gasteiger charge is 2.17. The molecule has 0 radical (unpaired) electrons. The number of aliphatic hydroxyl groups excluding tert-OH is 1. The van der Waals surface area contributed by atoms with Crippen molar-refractivity contribution in [1.82, 2.24) is 4.90 Å². The first kappa shape index (κ1) is 17.7. The van der Waals surface area contributed by atoms with Gasteiger partial charge in [-0.05, 0) is 31.5 Å². The molecule has 1 N–H and O–H groups in total. The van der Waals surface area contributed by atoms with Gasteiger partial charge < -0.3 is 14.7 Å². The molecule has 0 spiro atoms. The fraction of sp³-hybridized carbons (Fsp3) is 0.467. The number of halogens is 1. The van der Waals surface area contributed by atoms with Crippen molar-refractivity contribution in [2.24, 2.45) is 0 Å². The largest absolute Gasteiger partial charge is 0.466 e. The van der Waals surface area contributed by atoms with Gasteiger partial charge >= 0.3 is 5.97 Å². The van der Waals surface area contributed by atoms with Gasteiger partial charge in [0.25, 0.3) is 5.91 Å². The Morgan fingerprint density at radius 2 is 2.10 bits per heavy atom. The quantitative estimate of drug-likeness (QED) is 0.724. The topological polar surface area (TPSA) is 66.8 Å². The Morgan fingerprint density at radius 3 is 2.71 bits per heavy atom. The molecule has 5 nitrogen and oxygen atoms in total. The highest BCUT2D eigenvalue weighted by molar-refractivity contribution is 9.10. The summed E-state index contributed by atoms with van der Waals surface area (Å²) in [6.45, 7) is 2.76. The third-order valence-electron chi connectivity index (χ3n) is 2.84. The zero-order chi connectivity index (χ0) is 15.7. The van der Waals surface area contributed by atoms with Crippen LogP contribution in [0, 0.1) is 0 Å². The number of rotatable bonds is 8. The van der Waals surface area contributed by atoms with Crippen molar-refractivity contribution in [3.8, 4) is 0 Å². The highest BCUT2D eigenvalue weighted by Crippen LogP contribution is 2.14. The van der Waals surface area contributed by atoms with Crippen LogP contribution in [0.5, 0.6) is 0 Å². The SMILES string of the molecule is CCOC(=O)CCN(CCCO)C(=O)c1cccc(Br)c1. The minimum absolute atomic E-state index is 0.00166. The van der Waals surface area contributed by atoms with Crippen LogP contribution in [0.25, 0.3) is 0 Å². The molecule has 0 unspecified atom stereocenters. The summed E-state index contributed by atoms with van der Waals surface area (Å²) in [7, 11) is 0. The number of carbonyl (C=O) groups is 2. The molecule has 0 bridgehead atoms. The zero-order valence-corrected chi connectivity index (χ0v) is 13.6. The van der Waals surface area contributed by atoms with Crippen LogP contribution in [0.15, 0.2) is 28.7 Å². The summed E-state index contributed by atoms with van der Waals surface area (Å²) in [5, 5.41) is 8.94. The lowest BCUT2D eigenvalue weighted by Gasteiger charge is -2.22. The fourth-order valence-electron chi connectivity index (χ4n) is 1.84. The standard InChI is InChI=1S/C15H20BrNO4/c1-2-21-14(19)7-9-17(8-4-10-18)15(20)12-5-3-6-13(16)11-12/h3,5-6,11,18H,2,4,7-10H2,1H3. The predicted octanol–water partition coefficient (Wildman–Crippen LogP) is 2.23. The van der Waals surface area contributed by atoms with E-state index in [9.17, 15) is 9.59 Å². The van der Waals surface area contributed by atoms with E-state index in [0.717, 1.165) is 4.47 Å². The van der Waals surface area contributed by atoms with E-state index >= 15 is 0 Å². The monoisotopic (exact) mass is 357 g/mol. The molecular weight excluding hydrogens is 338 g/mol. The van der Waals surface area contributed by atoms with Crippen molar-refractivity contribution in [3.05, 3.63) is 34.3 Å². The molecule has 0 aliphatic rings. The molecule has 1 amide bonds. The smallest absolute Gasteiger partial charge is 0.307 e. The predicted molar refractivity (Wildman–Crippen MR) is 83.0 cm³/mol. The van der Waals surface area contributed by atoms with Crippen LogP contribution in [-0.2, 0) is 9.53 Å². The number of carbonyl (C=O) groups excluding carboxylic acids is 2. The van der Waals surface area contributed by atoms with E-state index in [1.54, 1.807) is 30.0 Å². The number of benzene rings is 1. The minimum Gasteiger partial charge on any atom is -0.466 e. The molecule has 0 fully saturated rings. The normalized spacial score (nSPS) is 10.2. The second kappa shape index (κ2) is 9.52. The first-order valence-corrected chi connectivity index (χ1v) is 7.69. The summed E-state index contributed by atoms with van der Waals surface area (Å²) < 4.78 is 5.69. The van der Waals surface area contributed by atoms with Gasteiger partial charge in [0.1, 0.15) is 0 Å². The van der Waals surface area contributed by atoms with Crippen LogP contribution >= 0.6 is 15.9 Å². The number of hydrogen-bond acceptors (Lipinski definition) is 4. The van der Waals surface area contributed by atoms with Gasteiger partial charge in [0.05, 0.1) is 13.0 Å². The molecule has 1 rings (SSSR count). The van der Waals surface area contributed by atoms with Crippen LogP contribution in [0.4, 0.5) is 0 Å². The van der Waals surface area contributed by atoms with Gasteiger partial charge in [-0.3, -0.25) is 9.59 Å². The summed E-state index contributed by atoms with van der Waals surface area (Å²) in [5.41, 5.74) is 0.547. The Morgan fingerprint density at radius 1 is 1.33 bits per heavy atom. The van der Waals surface area contributed by atoms with Crippen molar-refractivity contribution in [1.29, 1.82) is 0 Å². The lowest BCUT2D eigenvalue weighted by atomic mass is 10.2. The maximum absolute atomic E-state index is 12.4. The molecule has 1 aromatic carbocycles. The van der Waals surface area contributed by atoms with E-state index < -0.39 is 0 Å². The van der Waals surface area contributed by atoms with Crippen LogP contribution < -0.4 is 0 Å². The van der Waals surface area contributed by atoms with Gasteiger partial charge in [-0.1, -0.05) is 22.0 Å². The van der Waals surface area contributed by atoms with Crippen LogP contribution in [-0.4, -0.2) is 48.2 Å². The summed E-state index contributed by atoms with van der Waals surface area (Å²) in [6.07, 6.45) is 0.627. The van der Waals surface area contributed by atoms with Gasteiger partial charge in [0.15, 0.2) is 0 Å². The number of hydrogen-bond donors (Lipinski definition) is 1. The summed E-state index contributed by atoms with van der Waals surface area (Å²) in [4.78, 5) is 25.4. The molecule has 0 aliphatic heterocycles. The number of amides is 1. The number of nitrogens with zero attached hydrogens (tertiary/aromatic N) is 1. The van der Waals surface area contributed by atoms with Crippen molar-refractivity contribution < 1.29 is 19.4 Å². The third kappa shape index (κ3) is 6.27. The number of ether oxygens (including phenoxy) is 1. The Hall–Kier alpha value is -1.40. The van der Waals surface area contributed by atoms with Gasteiger partial charge in [-0.2, -0.15) is 0 Å². The van der Waals surface area contributed by atoms with Crippen molar-refractivity contribution in [2.75, 3.05) is 26.3 Å². The van der Waals surface area contributed by atoms with Crippen molar-refractivity contribution >= 4 is 27.8 Å². The zero-order valence-electron chi connectivity index (χ0n) is 12.0. The van der Waals surface area contributed by atoms with Gasteiger partial charge in [0, 0.05) is 29.7 Å². The van der Waals surface area contributed by atoms with E-state index in [1.165, 1.54) is 0 Å². The van der Waals surface area contributed by atoms with Gasteiger partial charge in [-0.15, -0.1) is 0 Å². The summed E-state index contributed by atoms with van der Waals surface area (Å²) >= 11 is 3.33. The van der Waals surface area contributed by atoms with Gasteiger partial charge in [0.2, 0.25) is 0 Å². The summed E-state index contributed by atoms with van der Waals surface area (Å²) in [6, 6.07) is 7.09. The maximum Gasteiger partial charge on any atom is 0.307 e. The molecule has 0 saturated carbocycles. The third-order valence-corrected chi connectivity index (χ3v) is 3.33. The van der Waals surface area contributed by atoms with E-state index in [0.29, 0.717) is 25.1 Å². The number of esters is 1.